The van der Waals surface area contributed by atoms with Crippen LogP contribution in [0.4, 0.5) is 5.69 Å². The third kappa shape index (κ3) is 5.07. The molecule has 0 bridgehead atoms. The zero-order valence-corrected chi connectivity index (χ0v) is 13.2. The third-order valence-corrected chi connectivity index (χ3v) is 4.66. The maximum absolute atomic E-state index is 11.9. The molecule has 1 aromatic rings. The molecule has 4 nitrogen and oxygen atoms in total. The molecule has 0 saturated carbocycles. The highest BCUT2D eigenvalue weighted by molar-refractivity contribution is 7.99. The van der Waals surface area contributed by atoms with Crippen LogP contribution in [0.25, 0.3) is 0 Å². The van der Waals surface area contributed by atoms with Gasteiger partial charge in [-0.3, -0.25) is 4.79 Å². The van der Waals surface area contributed by atoms with Gasteiger partial charge in [-0.05, 0) is 25.1 Å². The van der Waals surface area contributed by atoms with E-state index in [2.05, 4.69) is 23.2 Å². The summed E-state index contributed by atoms with van der Waals surface area (Å²) in [6, 6.07) is 9.18. The van der Waals surface area contributed by atoms with Crippen LogP contribution in [0.1, 0.15) is 25.3 Å². The molecule has 1 unspecified atom stereocenters. The molecule has 0 radical (unpaired) electrons. The van der Waals surface area contributed by atoms with E-state index in [1.807, 2.05) is 17.8 Å². The predicted molar refractivity (Wildman–Crippen MR) is 87.4 cm³/mol. The van der Waals surface area contributed by atoms with Crippen molar-refractivity contribution < 1.29 is 4.79 Å². The number of carbonyl (C=O) groups excluding carboxylic acids is 1. The minimum atomic E-state index is -0.0165. The average molecular weight is 303 g/mol. The Hall–Kier alpha value is -1.51. The summed E-state index contributed by atoms with van der Waals surface area (Å²) in [6.07, 6.45) is 1.36. The predicted octanol–water partition coefficient (Wildman–Crippen LogP) is 2.71. The minimum Gasteiger partial charge on any atom is -0.325 e. The number of carbonyl (C=O) groups is 1. The molecule has 5 heteroatoms. The van der Waals surface area contributed by atoms with Crippen LogP contribution in [0.2, 0.25) is 0 Å². The zero-order valence-electron chi connectivity index (χ0n) is 12.3. The molecule has 1 heterocycles. The van der Waals surface area contributed by atoms with Gasteiger partial charge >= 0.3 is 0 Å². The van der Waals surface area contributed by atoms with Crippen LogP contribution in [0.3, 0.4) is 0 Å². The van der Waals surface area contributed by atoms with Gasteiger partial charge in [0.15, 0.2) is 0 Å². The van der Waals surface area contributed by atoms with Gasteiger partial charge in [0.05, 0.1) is 11.3 Å². The molecule has 2 rings (SSSR count). The molecule has 1 aliphatic heterocycles. The maximum atomic E-state index is 11.9. The molecule has 21 heavy (non-hydrogen) atoms. The second-order valence-corrected chi connectivity index (χ2v) is 6.84. The molecule has 1 saturated heterocycles. The number of hydrogen-bond acceptors (Lipinski definition) is 4. The first kappa shape index (κ1) is 15.9. The van der Waals surface area contributed by atoms with Crippen molar-refractivity contribution in [3.63, 3.8) is 0 Å². The summed E-state index contributed by atoms with van der Waals surface area (Å²) in [5, 5.41) is 12.5. The standard InChI is InChI=1S/C16H21N3OS/c1-13-12-19(9-10-21-13)8-4-7-16(20)18-15-6-3-2-5-14(15)11-17/h2-3,5-6,13H,4,7-10,12H2,1H3,(H,18,20). The third-order valence-electron chi connectivity index (χ3n) is 3.52. The lowest BCUT2D eigenvalue weighted by molar-refractivity contribution is -0.116. The SMILES string of the molecule is CC1CN(CCCC(=O)Nc2ccccc2C#N)CCS1. The van der Waals surface area contributed by atoms with E-state index >= 15 is 0 Å². The van der Waals surface area contributed by atoms with Gasteiger partial charge in [0.2, 0.25) is 5.91 Å². The van der Waals surface area contributed by atoms with E-state index < -0.39 is 0 Å². The summed E-state index contributed by atoms with van der Waals surface area (Å²) in [6.45, 7) is 5.46. The van der Waals surface area contributed by atoms with Crippen LogP contribution in [-0.4, -0.2) is 41.4 Å². The van der Waals surface area contributed by atoms with Crippen molar-refractivity contribution in [3.8, 4) is 6.07 Å². The lowest BCUT2D eigenvalue weighted by atomic mass is 10.2. The van der Waals surface area contributed by atoms with E-state index in [0.717, 1.165) is 26.1 Å². The van der Waals surface area contributed by atoms with E-state index in [-0.39, 0.29) is 5.91 Å². The summed E-state index contributed by atoms with van der Waals surface area (Å²) in [7, 11) is 0. The fraction of sp³-hybridized carbons (Fsp3) is 0.500. The largest absolute Gasteiger partial charge is 0.325 e. The summed E-state index contributed by atoms with van der Waals surface area (Å²) >= 11 is 2.02. The monoisotopic (exact) mass is 303 g/mol. The number of nitrogens with one attached hydrogen (secondary N) is 1. The van der Waals surface area contributed by atoms with Crippen LogP contribution in [0, 0.1) is 11.3 Å². The number of anilines is 1. The van der Waals surface area contributed by atoms with Gasteiger partial charge < -0.3 is 10.2 Å². The van der Waals surface area contributed by atoms with Gasteiger partial charge in [0, 0.05) is 30.5 Å². The number of para-hydroxylation sites is 1. The summed E-state index contributed by atoms with van der Waals surface area (Å²) < 4.78 is 0. The quantitative estimate of drug-likeness (QED) is 0.908. The number of benzene rings is 1. The lowest BCUT2D eigenvalue weighted by Crippen LogP contribution is -2.37. The Balaban J connectivity index is 1.74. The van der Waals surface area contributed by atoms with Crippen LogP contribution in [0.15, 0.2) is 24.3 Å². The minimum absolute atomic E-state index is 0.0165. The maximum Gasteiger partial charge on any atom is 0.224 e. The first-order chi connectivity index (χ1) is 10.2. The van der Waals surface area contributed by atoms with Crippen molar-refractivity contribution in [2.45, 2.75) is 25.0 Å². The Morgan fingerprint density at radius 3 is 3.10 bits per heavy atom. The van der Waals surface area contributed by atoms with Crippen molar-refractivity contribution in [2.75, 3.05) is 30.7 Å². The fourth-order valence-electron chi connectivity index (χ4n) is 2.46. The second-order valence-electron chi connectivity index (χ2n) is 5.29. The molecule has 1 amide bonds. The molecule has 0 spiro atoms. The highest BCUT2D eigenvalue weighted by Crippen LogP contribution is 2.18. The number of nitrogens with zero attached hydrogens (tertiary/aromatic N) is 2. The highest BCUT2D eigenvalue weighted by atomic mass is 32.2. The fourth-order valence-corrected chi connectivity index (χ4v) is 3.54. The average Bonchev–Trinajstić information content (AvgIpc) is 2.48. The Labute approximate surface area is 130 Å². The first-order valence-electron chi connectivity index (χ1n) is 7.32. The van der Waals surface area contributed by atoms with Crippen LogP contribution in [0.5, 0.6) is 0 Å². The second kappa shape index (κ2) is 8.06. The molecule has 1 aliphatic rings. The number of nitriles is 1. The molecular formula is C16H21N3OS. The van der Waals surface area contributed by atoms with Gasteiger partial charge in [0.1, 0.15) is 6.07 Å². The summed E-state index contributed by atoms with van der Waals surface area (Å²) in [5.74, 6) is 1.17. The van der Waals surface area contributed by atoms with Crippen LogP contribution in [-0.2, 0) is 4.79 Å². The van der Waals surface area contributed by atoms with Gasteiger partial charge in [-0.15, -0.1) is 0 Å². The summed E-state index contributed by atoms with van der Waals surface area (Å²) in [5.41, 5.74) is 1.11. The Kier molecular flexibility index (Phi) is 6.09. The van der Waals surface area contributed by atoms with Crippen molar-refractivity contribution in [3.05, 3.63) is 29.8 Å². The number of hydrogen-bond donors (Lipinski definition) is 1. The van der Waals surface area contributed by atoms with Gasteiger partial charge in [-0.1, -0.05) is 19.1 Å². The molecule has 0 aromatic heterocycles. The van der Waals surface area contributed by atoms with Crippen molar-refractivity contribution in [1.82, 2.24) is 4.90 Å². The number of amides is 1. The van der Waals surface area contributed by atoms with E-state index in [4.69, 9.17) is 5.26 Å². The number of rotatable bonds is 5. The van der Waals surface area contributed by atoms with E-state index in [9.17, 15) is 4.79 Å². The Morgan fingerprint density at radius 1 is 1.52 bits per heavy atom. The molecule has 1 aromatic carbocycles. The normalized spacial score (nSPS) is 19.0. The van der Waals surface area contributed by atoms with Gasteiger partial charge in [0.25, 0.3) is 0 Å². The van der Waals surface area contributed by atoms with Gasteiger partial charge in [-0.25, -0.2) is 0 Å². The Bertz CT molecular complexity index is 526. The van der Waals surface area contributed by atoms with Crippen LogP contribution >= 0.6 is 11.8 Å². The van der Waals surface area contributed by atoms with Crippen molar-refractivity contribution in [2.24, 2.45) is 0 Å². The van der Waals surface area contributed by atoms with Gasteiger partial charge in [-0.2, -0.15) is 17.0 Å². The number of thioether (sulfide) groups is 1. The highest BCUT2D eigenvalue weighted by Gasteiger charge is 2.16. The van der Waals surface area contributed by atoms with E-state index in [0.29, 0.717) is 22.9 Å². The zero-order chi connectivity index (χ0) is 15.1. The van der Waals surface area contributed by atoms with E-state index in [1.165, 1.54) is 5.75 Å². The first-order valence-corrected chi connectivity index (χ1v) is 8.37. The van der Waals surface area contributed by atoms with Crippen LogP contribution < -0.4 is 5.32 Å². The van der Waals surface area contributed by atoms with Crippen molar-refractivity contribution in [1.29, 1.82) is 5.26 Å². The van der Waals surface area contributed by atoms with Crippen molar-refractivity contribution >= 4 is 23.4 Å². The Morgan fingerprint density at radius 2 is 2.33 bits per heavy atom. The molecule has 112 valence electrons. The van der Waals surface area contributed by atoms with E-state index in [1.54, 1.807) is 18.2 Å². The summed E-state index contributed by atoms with van der Waals surface area (Å²) in [4.78, 5) is 14.4. The topological polar surface area (TPSA) is 56.1 Å². The molecule has 1 atom stereocenters. The molecule has 1 fully saturated rings. The molecular weight excluding hydrogens is 282 g/mol. The molecule has 0 aliphatic carbocycles. The molecule has 1 N–H and O–H groups in total. The lowest BCUT2D eigenvalue weighted by Gasteiger charge is -2.30. The smallest absolute Gasteiger partial charge is 0.224 e.